The van der Waals surface area contributed by atoms with Crippen molar-refractivity contribution in [3.05, 3.63) is 105 Å². The summed E-state index contributed by atoms with van der Waals surface area (Å²) in [4.78, 5) is 29.2. The van der Waals surface area contributed by atoms with E-state index in [2.05, 4.69) is 26.2 Å². The topological polar surface area (TPSA) is 67.8 Å². The van der Waals surface area contributed by atoms with E-state index in [1.165, 1.54) is 0 Å². The summed E-state index contributed by atoms with van der Waals surface area (Å²) in [5.74, 6) is -0.0590. The average Bonchev–Trinajstić information content (AvgIpc) is 3.13. The zero-order valence-corrected chi connectivity index (χ0v) is 18.7. The van der Waals surface area contributed by atoms with Crippen LogP contribution in [0.4, 0.5) is 0 Å². The lowest BCUT2D eigenvalue weighted by Crippen LogP contribution is -2.20. The van der Waals surface area contributed by atoms with Crippen LogP contribution < -0.4 is 10.1 Å². The van der Waals surface area contributed by atoms with Gasteiger partial charge in [-0.3, -0.25) is 9.59 Å². The van der Waals surface area contributed by atoms with E-state index in [9.17, 15) is 9.59 Å². The van der Waals surface area contributed by atoms with Crippen LogP contribution in [0.3, 0.4) is 0 Å². The summed E-state index contributed by atoms with van der Waals surface area (Å²) in [5.41, 5.74) is 2.26. The fourth-order valence-corrected chi connectivity index (χ4v) is 4.05. The van der Waals surface area contributed by atoms with Gasteiger partial charge in [0.25, 0.3) is 11.8 Å². The Balaban J connectivity index is 1.54. The summed E-state index contributed by atoms with van der Waals surface area (Å²) < 4.78 is 6.85. The molecule has 1 heterocycles. The number of hydrogen-bond acceptors (Lipinski definition) is 4. The molecule has 1 aliphatic rings. The predicted octanol–water partition coefficient (Wildman–Crippen LogP) is 5.43. The largest absolute Gasteiger partial charge is 0.488 e. The van der Waals surface area contributed by atoms with Crippen LogP contribution in [0.5, 0.6) is 5.75 Å². The molecule has 0 spiro atoms. The monoisotopic (exact) mass is 492 g/mol. The van der Waals surface area contributed by atoms with Crippen molar-refractivity contribution >= 4 is 50.7 Å². The molecule has 1 fully saturated rings. The van der Waals surface area contributed by atoms with E-state index in [-0.39, 0.29) is 11.1 Å². The van der Waals surface area contributed by atoms with Gasteiger partial charge in [-0.15, -0.1) is 0 Å². The van der Waals surface area contributed by atoms with Crippen molar-refractivity contribution in [1.82, 2.24) is 5.32 Å². The van der Waals surface area contributed by atoms with E-state index < -0.39 is 5.91 Å². The number of carbonyl (C=O) groups is 2. The molecule has 1 saturated heterocycles. The predicted molar refractivity (Wildman–Crippen MR) is 127 cm³/mol. The Morgan fingerprint density at radius 2 is 1.74 bits per heavy atom. The van der Waals surface area contributed by atoms with Crippen LogP contribution in [-0.4, -0.2) is 17.0 Å². The molecule has 3 aromatic carbocycles. The summed E-state index contributed by atoms with van der Waals surface area (Å²) in [5, 5.41) is 2.91. The highest BCUT2D eigenvalue weighted by Gasteiger charge is 2.25. The van der Waals surface area contributed by atoms with Crippen molar-refractivity contribution < 1.29 is 14.3 Å². The minimum Gasteiger partial charge on any atom is -0.488 e. The molecular weight excluding hydrogens is 476 g/mol. The van der Waals surface area contributed by atoms with Crippen LogP contribution in [-0.2, 0) is 11.4 Å². The number of amidine groups is 1. The summed E-state index contributed by atoms with van der Waals surface area (Å²) in [6.45, 7) is 0.413. The first-order valence-corrected chi connectivity index (χ1v) is 11.0. The summed E-state index contributed by atoms with van der Waals surface area (Å²) >= 11 is 4.59. The van der Waals surface area contributed by atoms with Gasteiger partial charge in [-0.25, -0.2) is 0 Å². The highest BCUT2D eigenvalue weighted by molar-refractivity contribution is 9.10. The first kappa shape index (κ1) is 21.1. The lowest BCUT2D eigenvalue weighted by Gasteiger charge is -2.10. The Bertz CT molecular complexity index is 1180. The van der Waals surface area contributed by atoms with Crippen molar-refractivity contribution in [2.75, 3.05) is 0 Å². The summed E-state index contributed by atoms with van der Waals surface area (Å²) in [6.07, 6.45) is 1.74. The van der Waals surface area contributed by atoms with Crippen molar-refractivity contribution in [2.24, 2.45) is 4.99 Å². The lowest BCUT2D eigenvalue weighted by atomic mass is 10.2. The Kier molecular flexibility index (Phi) is 6.64. The van der Waals surface area contributed by atoms with Gasteiger partial charge in [0.05, 0.1) is 4.91 Å². The molecule has 0 unspecified atom stereocenters. The lowest BCUT2D eigenvalue weighted by molar-refractivity contribution is -0.115. The van der Waals surface area contributed by atoms with E-state index >= 15 is 0 Å². The second-order valence-electron chi connectivity index (χ2n) is 6.61. The summed E-state index contributed by atoms with van der Waals surface area (Å²) in [6, 6.07) is 24.2. The van der Waals surface area contributed by atoms with E-state index in [1.807, 2.05) is 54.6 Å². The number of aliphatic imine (C=N–C) groups is 1. The first-order valence-electron chi connectivity index (χ1n) is 9.44. The summed E-state index contributed by atoms with van der Waals surface area (Å²) in [7, 11) is 0. The molecule has 2 amide bonds. The average molecular weight is 493 g/mol. The molecular formula is C24H17BrN2O3S. The van der Waals surface area contributed by atoms with Gasteiger partial charge in [0.15, 0.2) is 5.17 Å². The van der Waals surface area contributed by atoms with E-state index in [0.717, 1.165) is 27.4 Å². The number of benzene rings is 3. The standard InChI is InChI=1S/C24H17BrN2O3S/c25-19-11-12-20(30-15-16-7-3-1-4-8-16)18(13-19)14-21-23(29)27-24(31-21)26-22(28)17-9-5-2-6-10-17/h1-14H,15H2,(H,26,27,28,29)/b21-14-. The van der Waals surface area contributed by atoms with Crippen molar-refractivity contribution in [2.45, 2.75) is 6.61 Å². The molecule has 1 N–H and O–H groups in total. The second kappa shape index (κ2) is 9.76. The fourth-order valence-electron chi connectivity index (χ4n) is 2.86. The smallest absolute Gasteiger partial charge is 0.279 e. The number of thioether (sulfide) groups is 1. The van der Waals surface area contributed by atoms with Gasteiger partial charge in [-0.2, -0.15) is 4.99 Å². The molecule has 7 heteroatoms. The second-order valence-corrected chi connectivity index (χ2v) is 8.56. The van der Waals surface area contributed by atoms with E-state index in [4.69, 9.17) is 4.74 Å². The van der Waals surface area contributed by atoms with Crippen LogP contribution in [0, 0.1) is 0 Å². The first-order chi connectivity index (χ1) is 15.1. The van der Waals surface area contributed by atoms with Gasteiger partial charge in [0.2, 0.25) is 0 Å². The molecule has 154 valence electrons. The van der Waals surface area contributed by atoms with E-state index in [1.54, 1.807) is 30.3 Å². The highest BCUT2D eigenvalue weighted by Crippen LogP contribution is 2.31. The van der Waals surface area contributed by atoms with Crippen LogP contribution >= 0.6 is 27.7 Å². The molecule has 31 heavy (non-hydrogen) atoms. The van der Waals surface area contributed by atoms with Gasteiger partial charge in [-0.05, 0) is 53.7 Å². The van der Waals surface area contributed by atoms with Crippen molar-refractivity contribution in [3.63, 3.8) is 0 Å². The quantitative estimate of drug-likeness (QED) is 0.482. The number of amides is 2. The Labute approximate surface area is 192 Å². The maximum atomic E-state index is 12.4. The number of rotatable bonds is 5. The molecule has 0 aliphatic carbocycles. The molecule has 4 rings (SSSR count). The van der Waals surface area contributed by atoms with Gasteiger partial charge >= 0.3 is 0 Å². The zero-order chi connectivity index (χ0) is 21.6. The molecule has 1 aliphatic heterocycles. The van der Waals surface area contributed by atoms with Crippen LogP contribution in [0.1, 0.15) is 21.5 Å². The van der Waals surface area contributed by atoms with Gasteiger partial charge < -0.3 is 10.1 Å². The fraction of sp³-hybridized carbons (Fsp3) is 0.0417. The van der Waals surface area contributed by atoms with Gasteiger partial charge in [-0.1, -0.05) is 64.5 Å². The molecule has 0 aromatic heterocycles. The molecule has 0 atom stereocenters. The van der Waals surface area contributed by atoms with Crippen molar-refractivity contribution in [1.29, 1.82) is 0 Å². The Hall–Kier alpha value is -3.16. The van der Waals surface area contributed by atoms with Crippen LogP contribution in [0.2, 0.25) is 0 Å². The molecule has 0 bridgehead atoms. The third-order valence-electron chi connectivity index (χ3n) is 4.37. The number of halogens is 1. The number of carbonyl (C=O) groups excluding carboxylic acids is 2. The van der Waals surface area contributed by atoms with E-state index in [0.29, 0.717) is 22.8 Å². The minimum absolute atomic E-state index is 0.256. The SMILES string of the molecule is O=C1NC(=NC(=O)c2ccccc2)S/C1=C\c1cc(Br)ccc1OCc1ccccc1. The van der Waals surface area contributed by atoms with Crippen LogP contribution in [0.25, 0.3) is 6.08 Å². The normalized spacial score (nSPS) is 15.8. The van der Waals surface area contributed by atoms with Crippen LogP contribution in [0.15, 0.2) is 93.2 Å². The highest BCUT2D eigenvalue weighted by atomic mass is 79.9. The van der Waals surface area contributed by atoms with Crippen molar-refractivity contribution in [3.8, 4) is 5.75 Å². The minimum atomic E-state index is -0.404. The number of nitrogens with one attached hydrogen (secondary N) is 1. The molecule has 0 saturated carbocycles. The molecule has 0 radical (unpaired) electrons. The Morgan fingerprint density at radius 1 is 1.03 bits per heavy atom. The third kappa shape index (κ3) is 5.51. The van der Waals surface area contributed by atoms with Gasteiger partial charge in [0, 0.05) is 15.6 Å². The number of nitrogens with zero attached hydrogens (tertiary/aromatic N) is 1. The maximum Gasteiger partial charge on any atom is 0.279 e. The molecule has 5 nitrogen and oxygen atoms in total. The van der Waals surface area contributed by atoms with Gasteiger partial charge in [0.1, 0.15) is 12.4 Å². The molecule has 3 aromatic rings. The third-order valence-corrected chi connectivity index (χ3v) is 5.77. The Morgan fingerprint density at radius 3 is 2.48 bits per heavy atom. The number of hydrogen-bond donors (Lipinski definition) is 1. The number of ether oxygens (including phenoxy) is 1. The maximum absolute atomic E-state index is 12.4. The zero-order valence-electron chi connectivity index (χ0n) is 16.2.